The quantitative estimate of drug-likeness (QED) is 0.129. The normalized spacial score (nSPS) is 12.5. The minimum atomic E-state index is 0.571. The van der Waals surface area contributed by atoms with Gasteiger partial charge in [-0.3, -0.25) is 0 Å². The molecule has 2 nitrogen and oxygen atoms in total. The Hall–Kier alpha value is -3.66. The van der Waals surface area contributed by atoms with E-state index in [0.717, 1.165) is 75.8 Å². The minimum Gasteiger partial charge on any atom is -0.455 e. The molecular formula is C34H14Cl4O2. The highest BCUT2D eigenvalue weighted by molar-refractivity contribution is 6.46. The zero-order valence-corrected chi connectivity index (χ0v) is 23.4. The Morgan fingerprint density at radius 3 is 1.20 bits per heavy atom. The number of hydrogen-bond donors (Lipinski definition) is 0. The summed E-state index contributed by atoms with van der Waals surface area (Å²) in [7, 11) is 0. The van der Waals surface area contributed by atoms with Gasteiger partial charge in [0.15, 0.2) is 0 Å². The first-order valence-electron chi connectivity index (χ1n) is 12.7. The number of fused-ring (bicyclic) bond motifs is 10. The van der Waals surface area contributed by atoms with Gasteiger partial charge in [-0.25, -0.2) is 0 Å². The molecule has 0 spiro atoms. The molecule has 7 aromatic carbocycles. The van der Waals surface area contributed by atoms with E-state index in [0.29, 0.717) is 31.3 Å². The van der Waals surface area contributed by atoms with Crippen LogP contribution in [0.2, 0.25) is 20.1 Å². The molecule has 190 valence electrons. The van der Waals surface area contributed by atoms with Gasteiger partial charge in [-0.05, 0) is 35.0 Å². The maximum Gasteiger partial charge on any atom is 0.143 e. The molecule has 0 fully saturated rings. The number of rotatable bonds is 0. The van der Waals surface area contributed by atoms with E-state index in [1.165, 1.54) is 0 Å². The fourth-order valence-corrected chi connectivity index (χ4v) is 7.45. The number of benzene rings is 7. The molecule has 0 unspecified atom stereocenters. The molecule has 0 saturated heterocycles. The fraction of sp³-hybridized carbons (Fsp3) is 0. The van der Waals surface area contributed by atoms with Crippen LogP contribution in [0.3, 0.4) is 0 Å². The molecule has 2 heterocycles. The van der Waals surface area contributed by atoms with Gasteiger partial charge in [0.2, 0.25) is 0 Å². The van der Waals surface area contributed by atoms with Crippen LogP contribution in [0.15, 0.2) is 93.8 Å². The molecule has 0 radical (unpaired) electrons. The van der Waals surface area contributed by atoms with Crippen molar-refractivity contribution in [1.29, 1.82) is 0 Å². The van der Waals surface area contributed by atoms with Crippen molar-refractivity contribution in [3.8, 4) is 0 Å². The predicted molar refractivity (Wildman–Crippen MR) is 171 cm³/mol. The summed E-state index contributed by atoms with van der Waals surface area (Å²) in [6.07, 6.45) is 0. The van der Waals surface area contributed by atoms with E-state index < -0.39 is 0 Å². The Balaban J connectivity index is 1.68. The molecule has 0 saturated carbocycles. The summed E-state index contributed by atoms with van der Waals surface area (Å²) in [5.74, 6) is 0. The molecule has 0 aliphatic heterocycles. The van der Waals surface area contributed by atoms with Crippen molar-refractivity contribution in [3.63, 3.8) is 0 Å². The van der Waals surface area contributed by atoms with Gasteiger partial charge < -0.3 is 8.83 Å². The molecule has 0 bridgehead atoms. The molecule has 0 aliphatic rings. The van der Waals surface area contributed by atoms with Crippen molar-refractivity contribution in [2.24, 2.45) is 0 Å². The average Bonchev–Trinajstić information content (AvgIpc) is 2.95. The molecule has 0 atom stereocenters. The van der Waals surface area contributed by atoms with E-state index in [9.17, 15) is 0 Å². The van der Waals surface area contributed by atoms with Crippen LogP contribution in [0, 0.1) is 0 Å². The molecule has 0 aliphatic carbocycles. The Morgan fingerprint density at radius 1 is 0.375 bits per heavy atom. The monoisotopic (exact) mass is 594 g/mol. The molecule has 0 N–H and O–H groups in total. The van der Waals surface area contributed by atoms with Crippen LogP contribution in [-0.2, 0) is 0 Å². The summed E-state index contributed by atoms with van der Waals surface area (Å²) >= 11 is 27.3. The van der Waals surface area contributed by atoms with Gasteiger partial charge in [0.1, 0.15) is 22.3 Å². The highest BCUT2D eigenvalue weighted by Gasteiger charge is 2.23. The summed E-state index contributed by atoms with van der Waals surface area (Å²) in [4.78, 5) is 0. The Morgan fingerprint density at radius 2 is 0.775 bits per heavy atom. The molecule has 9 aromatic rings. The summed E-state index contributed by atoms with van der Waals surface area (Å²) in [6.45, 7) is 0. The van der Waals surface area contributed by atoms with Crippen molar-refractivity contribution in [1.82, 2.24) is 0 Å². The average molecular weight is 596 g/mol. The van der Waals surface area contributed by atoms with Crippen molar-refractivity contribution in [2.75, 3.05) is 0 Å². The smallest absolute Gasteiger partial charge is 0.143 e. The maximum absolute atomic E-state index is 6.86. The molecule has 6 heteroatoms. The fourth-order valence-electron chi connectivity index (χ4n) is 6.48. The van der Waals surface area contributed by atoms with Crippen molar-refractivity contribution in [3.05, 3.63) is 105 Å². The van der Waals surface area contributed by atoms with Crippen LogP contribution in [0.4, 0.5) is 0 Å². The molecular weight excluding hydrogens is 582 g/mol. The van der Waals surface area contributed by atoms with E-state index in [1.807, 2.05) is 84.9 Å². The van der Waals surface area contributed by atoms with Crippen molar-refractivity contribution >= 4 is 133 Å². The summed E-state index contributed by atoms with van der Waals surface area (Å²) < 4.78 is 13.3. The molecule has 9 rings (SSSR count). The highest BCUT2D eigenvalue weighted by atomic mass is 35.5. The van der Waals surface area contributed by atoms with Gasteiger partial charge >= 0.3 is 0 Å². The third-order valence-electron chi connectivity index (χ3n) is 8.02. The first-order valence-corrected chi connectivity index (χ1v) is 14.2. The molecule has 0 amide bonds. The zero-order chi connectivity index (χ0) is 26.9. The lowest BCUT2D eigenvalue weighted by atomic mass is 9.89. The van der Waals surface area contributed by atoms with Crippen LogP contribution >= 0.6 is 46.4 Å². The van der Waals surface area contributed by atoms with E-state index in [-0.39, 0.29) is 0 Å². The van der Waals surface area contributed by atoms with Crippen LogP contribution < -0.4 is 0 Å². The van der Waals surface area contributed by atoms with E-state index in [4.69, 9.17) is 55.2 Å². The second kappa shape index (κ2) is 7.96. The van der Waals surface area contributed by atoms with Crippen molar-refractivity contribution in [2.45, 2.75) is 0 Å². The van der Waals surface area contributed by atoms with Gasteiger partial charge in [-0.2, -0.15) is 0 Å². The standard InChI is InChI=1S/C34H14Cl4O2/c35-15-10-22-30-24-14-26(38)18-6-2-4-8-20(18)34(24)40-28-12-16(36)9-21(32(28)30)29-23-13-25(37)17-5-1-3-7-19(17)33(23)39-27(11-15)31(22)29/h1-14H. The second-order valence-electron chi connectivity index (χ2n) is 10.2. The predicted octanol–water partition coefficient (Wildman–Crippen LogP) is 12.7. The third kappa shape index (κ3) is 2.92. The Labute approximate surface area is 246 Å². The van der Waals surface area contributed by atoms with Crippen LogP contribution in [0.5, 0.6) is 0 Å². The number of halogens is 4. The minimum absolute atomic E-state index is 0.571. The van der Waals surface area contributed by atoms with Gasteiger partial charge in [-0.1, -0.05) is 94.9 Å². The third-order valence-corrected chi connectivity index (χ3v) is 9.09. The Bertz CT molecular complexity index is 2410. The van der Waals surface area contributed by atoms with E-state index in [2.05, 4.69) is 0 Å². The maximum atomic E-state index is 6.86. The van der Waals surface area contributed by atoms with E-state index >= 15 is 0 Å². The topological polar surface area (TPSA) is 26.3 Å². The van der Waals surface area contributed by atoms with Crippen molar-refractivity contribution < 1.29 is 8.83 Å². The SMILES string of the molecule is Clc1cc2oc3c4ccccc4c(Cl)cc3c3c4cc(Cl)cc5oc6c7ccccc7c(Cl)cc6c(c(c1)c23)c54. The van der Waals surface area contributed by atoms with Crippen LogP contribution in [-0.4, -0.2) is 0 Å². The second-order valence-corrected chi connectivity index (χ2v) is 11.9. The van der Waals surface area contributed by atoms with Crippen LogP contribution in [0.25, 0.3) is 87.0 Å². The summed E-state index contributed by atoms with van der Waals surface area (Å²) in [5, 5.41) is 13.7. The zero-order valence-electron chi connectivity index (χ0n) is 20.4. The summed E-state index contributed by atoms with van der Waals surface area (Å²) in [6, 6.07) is 27.7. The number of hydrogen-bond acceptors (Lipinski definition) is 2. The highest BCUT2D eigenvalue weighted by Crippen LogP contribution is 2.50. The van der Waals surface area contributed by atoms with Gasteiger partial charge in [-0.15, -0.1) is 0 Å². The first kappa shape index (κ1) is 23.1. The van der Waals surface area contributed by atoms with Crippen LogP contribution in [0.1, 0.15) is 0 Å². The largest absolute Gasteiger partial charge is 0.455 e. The lowest BCUT2D eigenvalue weighted by molar-refractivity contribution is 0.665. The van der Waals surface area contributed by atoms with Gasteiger partial charge in [0.25, 0.3) is 0 Å². The first-order chi connectivity index (χ1) is 19.5. The molecule has 40 heavy (non-hydrogen) atoms. The van der Waals surface area contributed by atoms with Gasteiger partial charge in [0, 0.05) is 86.1 Å². The summed E-state index contributed by atoms with van der Waals surface area (Å²) in [5.41, 5.74) is 2.83. The lowest BCUT2D eigenvalue weighted by Gasteiger charge is -2.19. The van der Waals surface area contributed by atoms with E-state index in [1.54, 1.807) is 0 Å². The Kier molecular flexibility index (Phi) is 4.60. The molecule has 2 aromatic heterocycles. The van der Waals surface area contributed by atoms with Gasteiger partial charge in [0.05, 0.1) is 0 Å². The lowest BCUT2D eigenvalue weighted by Crippen LogP contribution is -1.92.